The smallest absolute Gasteiger partial charge is 0.303 e. The summed E-state index contributed by atoms with van der Waals surface area (Å²) in [4.78, 5) is 11.8. The summed E-state index contributed by atoms with van der Waals surface area (Å²) in [6.07, 6.45) is -1.00. The number of rotatable bonds is 11. The van der Waals surface area contributed by atoms with Crippen LogP contribution in [0.2, 0.25) is 58.9 Å². The quantitative estimate of drug-likeness (QED) is 0.137. The maximum atomic E-state index is 15.1. The molecule has 0 saturated carbocycles. The van der Waals surface area contributed by atoms with Crippen molar-refractivity contribution in [2.45, 2.75) is 101 Å². The molecule has 0 aromatic heterocycles. The van der Waals surface area contributed by atoms with Crippen LogP contribution in [0.3, 0.4) is 0 Å². The number of halogens is 3. The second-order valence-corrected chi connectivity index (χ2v) is 55.0. The van der Waals surface area contributed by atoms with E-state index in [0.29, 0.717) is 0 Å². The minimum atomic E-state index is -2.20. The van der Waals surface area contributed by atoms with Gasteiger partial charge in [-0.05, 0) is 37.4 Å². The highest BCUT2D eigenvalue weighted by Crippen LogP contribution is 2.43. The Kier molecular flexibility index (Phi) is 10.7. The molecule has 0 aliphatic carbocycles. The average molecular weight is 659 g/mol. The Hall–Kier alpha value is 0.408. The second kappa shape index (κ2) is 11.2. The van der Waals surface area contributed by atoms with Gasteiger partial charge in [-0.25, -0.2) is 4.39 Å². The van der Waals surface area contributed by atoms with E-state index in [0.717, 1.165) is 5.56 Å². The average Bonchev–Trinajstić information content (AvgIpc) is 2.59. The number of alkyl halides is 3. The highest BCUT2D eigenvalue weighted by atomic mass is 79.9. The van der Waals surface area contributed by atoms with Gasteiger partial charge in [-0.1, -0.05) is 96.2 Å². The fourth-order valence-electron chi connectivity index (χ4n) is 6.12. The fraction of sp³-hybridized carbons (Fsp3) is 0.696. The number of esters is 1. The largest absolute Gasteiger partial charge is 0.457 e. The Balaban J connectivity index is 3.71. The maximum absolute atomic E-state index is 15.1. The number of carbonyl (C=O) groups is 1. The Bertz CT molecular complexity index is 748. The van der Waals surface area contributed by atoms with Crippen molar-refractivity contribution in [2.75, 3.05) is 0 Å². The molecule has 1 aromatic rings. The van der Waals surface area contributed by atoms with Gasteiger partial charge in [0.05, 0.1) is 28.9 Å². The summed E-state index contributed by atoms with van der Waals surface area (Å²) in [7, 11) is -5.19. The van der Waals surface area contributed by atoms with Gasteiger partial charge in [-0.2, -0.15) is 0 Å². The van der Waals surface area contributed by atoms with E-state index in [9.17, 15) is 4.79 Å². The molecule has 0 radical (unpaired) electrons. The van der Waals surface area contributed by atoms with Gasteiger partial charge in [-0.3, -0.25) is 4.79 Å². The van der Waals surface area contributed by atoms with Crippen molar-refractivity contribution in [3.8, 4) is 0 Å². The van der Waals surface area contributed by atoms with Gasteiger partial charge in [0.1, 0.15) is 0 Å². The summed E-state index contributed by atoms with van der Waals surface area (Å²) < 4.78 is 26.1. The molecular formula is C23H43Br2FO3Si4. The zero-order valence-corrected chi connectivity index (χ0v) is 29.4. The lowest BCUT2D eigenvalue weighted by atomic mass is 9.92. The molecule has 1 aromatic carbocycles. The monoisotopic (exact) mass is 656 g/mol. The third-order valence-corrected chi connectivity index (χ3v) is 75.1. The molecule has 0 fully saturated rings. The molecule has 10 heteroatoms. The second-order valence-electron chi connectivity index (χ2n) is 12.2. The molecule has 3 atom stereocenters. The molecule has 0 bridgehead atoms. The Morgan fingerprint density at radius 2 is 1.36 bits per heavy atom. The van der Waals surface area contributed by atoms with Crippen LogP contribution < -0.4 is 0 Å². The fourth-order valence-corrected chi connectivity index (χ4v) is 101. The summed E-state index contributed by atoms with van der Waals surface area (Å²) in [6.45, 7) is 23.5. The number of ether oxygens (including phenoxy) is 1. The number of hydrogen-bond acceptors (Lipinski definition) is 3. The molecule has 0 saturated heterocycles. The first kappa shape index (κ1) is 31.4. The highest BCUT2D eigenvalue weighted by Gasteiger charge is 2.65. The molecule has 0 N–H and O–H groups in total. The van der Waals surface area contributed by atoms with Crippen molar-refractivity contribution < 1.29 is 18.3 Å². The van der Waals surface area contributed by atoms with E-state index in [1.165, 1.54) is 6.92 Å². The van der Waals surface area contributed by atoms with Gasteiger partial charge in [-0.15, -0.1) is 0 Å². The van der Waals surface area contributed by atoms with E-state index in [-0.39, 0.29) is 18.4 Å². The van der Waals surface area contributed by atoms with Gasteiger partial charge >= 0.3 is 5.97 Å². The Morgan fingerprint density at radius 1 is 0.939 bits per heavy atom. The molecule has 33 heavy (non-hydrogen) atoms. The summed E-state index contributed by atoms with van der Waals surface area (Å²) in [5.74, 6) is -0.473. The van der Waals surface area contributed by atoms with Gasteiger partial charge in [0.25, 0.3) is 3.49 Å². The lowest BCUT2D eigenvalue weighted by Gasteiger charge is -2.58. The SMILES string of the molecule is CC(=O)OC(C[C@@H](O[Si]([Si](C)(C)C)([Si](C)(C)C)[Si](C)(C)C)[C@H](C)c1ccccc1)C(F)(Br)Br. The minimum Gasteiger partial charge on any atom is -0.457 e. The first-order chi connectivity index (χ1) is 14.6. The lowest BCUT2D eigenvalue weighted by Crippen LogP contribution is -2.85. The predicted molar refractivity (Wildman–Crippen MR) is 157 cm³/mol. The molecule has 3 nitrogen and oxygen atoms in total. The minimum absolute atomic E-state index is 0.0301. The number of carbonyl (C=O) groups excluding carboxylic acids is 1. The maximum Gasteiger partial charge on any atom is 0.303 e. The predicted octanol–water partition coefficient (Wildman–Crippen LogP) is 8.11. The number of benzene rings is 1. The lowest BCUT2D eigenvalue weighted by molar-refractivity contribution is -0.149. The topological polar surface area (TPSA) is 35.5 Å². The molecule has 0 aliphatic rings. The van der Waals surface area contributed by atoms with Crippen molar-refractivity contribution in [3.05, 3.63) is 35.9 Å². The molecule has 0 amide bonds. The summed E-state index contributed by atoms with van der Waals surface area (Å²) in [5.41, 5.74) is 1.15. The van der Waals surface area contributed by atoms with Crippen LogP contribution >= 0.6 is 31.9 Å². The molecule has 1 unspecified atom stereocenters. The van der Waals surface area contributed by atoms with E-state index >= 15 is 4.39 Å². The molecule has 1 rings (SSSR count). The van der Waals surface area contributed by atoms with E-state index in [1.54, 1.807) is 0 Å². The van der Waals surface area contributed by atoms with Crippen molar-refractivity contribution in [1.82, 2.24) is 0 Å². The van der Waals surface area contributed by atoms with Crippen LogP contribution in [0.4, 0.5) is 4.39 Å². The van der Waals surface area contributed by atoms with Gasteiger partial charge < -0.3 is 9.16 Å². The Morgan fingerprint density at radius 3 is 1.70 bits per heavy atom. The molecule has 190 valence electrons. The molecule has 0 spiro atoms. The van der Waals surface area contributed by atoms with Crippen LogP contribution in [-0.2, 0) is 14.0 Å². The summed E-state index contributed by atoms with van der Waals surface area (Å²) >= 11 is 6.12. The first-order valence-corrected chi connectivity index (χ1v) is 28.6. The third kappa shape index (κ3) is 7.69. The van der Waals surface area contributed by atoms with Gasteiger partial charge in [0.15, 0.2) is 13.0 Å². The van der Waals surface area contributed by atoms with Crippen molar-refractivity contribution in [3.63, 3.8) is 0 Å². The van der Waals surface area contributed by atoms with Crippen molar-refractivity contribution >= 4 is 67.5 Å². The van der Waals surface area contributed by atoms with Crippen LogP contribution in [-0.4, -0.2) is 51.3 Å². The van der Waals surface area contributed by atoms with Crippen LogP contribution in [0, 0.1) is 0 Å². The van der Waals surface area contributed by atoms with Crippen LogP contribution in [0.15, 0.2) is 30.3 Å². The third-order valence-electron chi connectivity index (χ3n) is 6.50. The summed E-state index contributed by atoms with van der Waals surface area (Å²) in [6, 6.07) is 10.3. The first-order valence-electron chi connectivity index (χ1n) is 11.6. The van der Waals surface area contributed by atoms with E-state index in [2.05, 4.69) is 110 Å². The van der Waals surface area contributed by atoms with Crippen LogP contribution in [0.25, 0.3) is 0 Å². The highest BCUT2D eigenvalue weighted by molar-refractivity contribution is 9.25. The van der Waals surface area contributed by atoms with Crippen molar-refractivity contribution in [1.29, 1.82) is 0 Å². The van der Waals surface area contributed by atoms with E-state index < -0.39 is 45.2 Å². The zero-order chi connectivity index (χ0) is 26.0. The normalized spacial score (nSPS) is 16.8. The molecule has 0 aliphatic heterocycles. The van der Waals surface area contributed by atoms with Crippen molar-refractivity contribution in [2.24, 2.45) is 0 Å². The molecular weight excluding hydrogens is 615 g/mol. The van der Waals surface area contributed by atoms with E-state index in [4.69, 9.17) is 9.16 Å². The van der Waals surface area contributed by atoms with Crippen LogP contribution in [0.5, 0.6) is 0 Å². The van der Waals surface area contributed by atoms with Gasteiger partial charge in [0.2, 0.25) is 0 Å². The van der Waals surface area contributed by atoms with Crippen LogP contribution in [0.1, 0.15) is 31.7 Å². The van der Waals surface area contributed by atoms with E-state index in [1.807, 2.05) is 18.2 Å². The number of hydrogen-bond donors (Lipinski definition) is 0. The zero-order valence-electron chi connectivity index (χ0n) is 22.2. The Labute approximate surface area is 221 Å². The summed E-state index contributed by atoms with van der Waals surface area (Å²) in [5, 5.41) is 0. The van der Waals surface area contributed by atoms with Gasteiger partial charge in [0, 0.05) is 19.3 Å². The molecule has 0 heterocycles. The standard InChI is InChI=1S/C23H43Br2FO3Si4/c1-18(20-15-13-12-14-16-20)21(17-22(23(24,25)26)28-19(2)27)29-33(30(3,4)5,31(6,7)8)32(9,10)11/h12-16,18,21-22H,17H2,1-11H3/t18-,21-,22?/m1/s1.